The Bertz CT molecular complexity index is 227. The SMILES string of the molecule is CC(CNC1CC(O)C1(C)C)C(=O)O. The minimum Gasteiger partial charge on any atom is -0.481 e. The summed E-state index contributed by atoms with van der Waals surface area (Å²) in [5, 5.41) is 21.3. The molecule has 0 radical (unpaired) electrons. The van der Waals surface area contributed by atoms with Crippen LogP contribution in [0, 0.1) is 11.3 Å². The van der Waals surface area contributed by atoms with Gasteiger partial charge in [0, 0.05) is 18.0 Å². The zero-order chi connectivity index (χ0) is 10.9. The molecule has 0 spiro atoms. The van der Waals surface area contributed by atoms with Gasteiger partial charge in [0.1, 0.15) is 0 Å². The predicted octanol–water partition coefficient (Wildman–Crippen LogP) is 0.456. The molecule has 1 rings (SSSR count). The van der Waals surface area contributed by atoms with Crippen LogP contribution >= 0.6 is 0 Å². The van der Waals surface area contributed by atoms with E-state index in [-0.39, 0.29) is 23.5 Å². The lowest BCUT2D eigenvalue weighted by Gasteiger charge is -2.49. The summed E-state index contributed by atoms with van der Waals surface area (Å²) in [5.74, 6) is -1.15. The second kappa shape index (κ2) is 3.87. The first kappa shape index (κ1) is 11.5. The average Bonchev–Trinajstić information content (AvgIpc) is 2.11. The first-order chi connectivity index (χ1) is 6.35. The third kappa shape index (κ3) is 2.07. The number of hydrogen-bond acceptors (Lipinski definition) is 3. The molecule has 3 unspecified atom stereocenters. The van der Waals surface area contributed by atoms with Crippen LogP contribution in [0.2, 0.25) is 0 Å². The zero-order valence-electron chi connectivity index (χ0n) is 8.95. The van der Waals surface area contributed by atoms with Crippen molar-refractivity contribution in [1.82, 2.24) is 5.32 Å². The van der Waals surface area contributed by atoms with E-state index in [1.807, 2.05) is 13.8 Å². The molecule has 1 aliphatic rings. The number of aliphatic hydroxyl groups is 1. The summed E-state index contributed by atoms with van der Waals surface area (Å²) in [5.41, 5.74) is -0.127. The maximum atomic E-state index is 10.6. The fraction of sp³-hybridized carbons (Fsp3) is 0.900. The molecule has 0 aromatic rings. The van der Waals surface area contributed by atoms with Crippen LogP contribution < -0.4 is 5.32 Å². The third-order valence-corrected chi connectivity index (χ3v) is 3.31. The van der Waals surface area contributed by atoms with E-state index in [9.17, 15) is 9.90 Å². The van der Waals surface area contributed by atoms with Crippen molar-refractivity contribution >= 4 is 5.97 Å². The van der Waals surface area contributed by atoms with Crippen LogP contribution in [0.1, 0.15) is 27.2 Å². The van der Waals surface area contributed by atoms with Crippen molar-refractivity contribution in [2.45, 2.75) is 39.3 Å². The van der Waals surface area contributed by atoms with E-state index >= 15 is 0 Å². The molecule has 0 bridgehead atoms. The predicted molar refractivity (Wildman–Crippen MR) is 53.0 cm³/mol. The molecular formula is C10H19NO3. The van der Waals surface area contributed by atoms with Gasteiger partial charge in [0.05, 0.1) is 12.0 Å². The van der Waals surface area contributed by atoms with Crippen LogP contribution in [0.4, 0.5) is 0 Å². The van der Waals surface area contributed by atoms with Gasteiger partial charge in [0.15, 0.2) is 0 Å². The van der Waals surface area contributed by atoms with Gasteiger partial charge in [-0.1, -0.05) is 20.8 Å². The summed E-state index contributed by atoms with van der Waals surface area (Å²) < 4.78 is 0. The van der Waals surface area contributed by atoms with Gasteiger partial charge >= 0.3 is 5.97 Å². The highest BCUT2D eigenvalue weighted by molar-refractivity contribution is 5.69. The van der Waals surface area contributed by atoms with Crippen molar-refractivity contribution in [3.05, 3.63) is 0 Å². The van der Waals surface area contributed by atoms with E-state index in [4.69, 9.17) is 5.11 Å². The van der Waals surface area contributed by atoms with Gasteiger partial charge in [0.25, 0.3) is 0 Å². The molecule has 0 aliphatic heterocycles. The van der Waals surface area contributed by atoms with Gasteiger partial charge < -0.3 is 15.5 Å². The standard InChI is InChI=1S/C10H19NO3/c1-6(9(13)14)5-11-7-4-8(12)10(7,2)3/h6-8,11-12H,4-5H2,1-3H3,(H,13,14). The van der Waals surface area contributed by atoms with Gasteiger partial charge in [-0.25, -0.2) is 0 Å². The number of carboxylic acids is 1. The third-order valence-electron chi connectivity index (χ3n) is 3.31. The average molecular weight is 201 g/mol. The number of nitrogens with one attached hydrogen (secondary N) is 1. The van der Waals surface area contributed by atoms with Crippen LogP contribution in [0.5, 0.6) is 0 Å². The summed E-state index contributed by atoms with van der Waals surface area (Å²) in [4.78, 5) is 10.6. The fourth-order valence-electron chi connectivity index (χ4n) is 1.66. The molecular weight excluding hydrogens is 182 g/mol. The number of hydrogen-bond donors (Lipinski definition) is 3. The molecule has 3 N–H and O–H groups in total. The molecule has 82 valence electrons. The van der Waals surface area contributed by atoms with Crippen LogP contribution in [-0.4, -0.2) is 34.9 Å². The maximum absolute atomic E-state index is 10.6. The normalized spacial score (nSPS) is 32.0. The van der Waals surface area contributed by atoms with Crippen LogP contribution in [0.25, 0.3) is 0 Å². The molecule has 1 saturated carbocycles. The molecule has 3 atom stereocenters. The van der Waals surface area contributed by atoms with Crippen LogP contribution in [-0.2, 0) is 4.79 Å². The Labute approximate surface area is 84.3 Å². The van der Waals surface area contributed by atoms with Crippen molar-refractivity contribution in [3.8, 4) is 0 Å². The zero-order valence-corrected chi connectivity index (χ0v) is 8.95. The van der Waals surface area contributed by atoms with E-state index in [1.165, 1.54) is 0 Å². The van der Waals surface area contributed by atoms with Crippen LogP contribution in [0.3, 0.4) is 0 Å². The Hall–Kier alpha value is -0.610. The molecule has 14 heavy (non-hydrogen) atoms. The number of aliphatic hydroxyl groups excluding tert-OH is 1. The van der Waals surface area contributed by atoms with Gasteiger partial charge in [0.2, 0.25) is 0 Å². The maximum Gasteiger partial charge on any atom is 0.307 e. The summed E-state index contributed by atoms with van der Waals surface area (Å²) in [7, 11) is 0. The Kier molecular flexibility index (Phi) is 3.17. The summed E-state index contributed by atoms with van der Waals surface area (Å²) >= 11 is 0. The lowest BCUT2D eigenvalue weighted by Crippen LogP contribution is -2.60. The van der Waals surface area contributed by atoms with E-state index in [2.05, 4.69) is 5.32 Å². The van der Waals surface area contributed by atoms with E-state index in [0.29, 0.717) is 6.54 Å². The van der Waals surface area contributed by atoms with E-state index < -0.39 is 5.97 Å². The Morgan fingerprint density at radius 3 is 2.57 bits per heavy atom. The first-order valence-electron chi connectivity index (χ1n) is 5.00. The number of rotatable bonds is 4. The van der Waals surface area contributed by atoms with Crippen molar-refractivity contribution in [1.29, 1.82) is 0 Å². The molecule has 0 saturated heterocycles. The Balaban J connectivity index is 2.31. The quantitative estimate of drug-likeness (QED) is 0.618. The summed E-state index contributed by atoms with van der Waals surface area (Å²) in [6, 6.07) is 0.235. The second-order valence-corrected chi connectivity index (χ2v) is 4.77. The second-order valence-electron chi connectivity index (χ2n) is 4.77. The van der Waals surface area contributed by atoms with Gasteiger partial charge in [-0.05, 0) is 6.42 Å². The highest BCUT2D eigenvalue weighted by Gasteiger charge is 2.46. The minimum absolute atomic E-state index is 0.127. The van der Waals surface area contributed by atoms with E-state index in [0.717, 1.165) is 6.42 Å². The molecule has 1 aliphatic carbocycles. The number of carboxylic acid groups (broad SMARTS) is 1. The highest BCUT2D eigenvalue weighted by atomic mass is 16.4. The fourth-order valence-corrected chi connectivity index (χ4v) is 1.66. The minimum atomic E-state index is -0.782. The van der Waals surface area contributed by atoms with Gasteiger partial charge in [-0.15, -0.1) is 0 Å². The van der Waals surface area contributed by atoms with Gasteiger partial charge in [-0.2, -0.15) is 0 Å². The molecule has 1 fully saturated rings. The Morgan fingerprint density at radius 1 is 1.64 bits per heavy atom. The van der Waals surface area contributed by atoms with Crippen molar-refractivity contribution < 1.29 is 15.0 Å². The largest absolute Gasteiger partial charge is 0.481 e. The molecule has 4 nitrogen and oxygen atoms in total. The topological polar surface area (TPSA) is 69.6 Å². The molecule has 0 aromatic carbocycles. The first-order valence-corrected chi connectivity index (χ1v) is 5.00. The monoisotopic (exact) mass is 201 g/mol. The molecule has 0 aromatic heterocycles. The molecule has 4 heteroatoms. The summed E-state index contributed by atoms with van der Waals surface area (Å²) in [6.45, 7) is 6.13. The Morgan fingerprint density at radius 2 is 2.21 bits per heavy atom. The summed E-state index contributed by atoms with van der Waals surface area (Å²) in [6.07, 6.45) is 0.458. The van der Waals surface area contributed by atoms with E-state index in [1.54, 1.807) is 6.92 Å². The van der Waals surface area contributed by atoms with Crippen molar-refractivity contribution in [2.24, 2.45) is 11.3 Å². The number of carbonyl (C=O) groups is 1. The lowest BCUT2D eigenvalue weighted by molar-refractivity contribution is -0.141. The smallest absolute Gasteiger partial charge is 0.307 e. The molecule has 0 amide bonds. The number of aliphatic carboxylic acids is 1. The van der Waals surface area contributed by atoms with Crippen LogP contribution in [0.15, 0.2) is 0 Å². The highest BCUT2D eigenvalue weighted by Crippen LogP contribution is 2.40. The lowest BCUT2D eigenvalue weighted by atomic mass is 9.64. The molecule has 0 heterocycles. The van der Waals surface area contributed by atoms with Gasteiger partial charge in [-0.3, -0.25) is 4.79 Å². The van der Waals surface area contributed by atoms with Crippen molar-refractivity contribution in [2.75, 3.05) is 6.54 Å². The van der Waals surface area contributed by atoms with Crippen molar-refractivity contribution in [3.63, 3.8) is 0 Å².